The van der Waals surface area contributed by atoms with E-state index in [0.29, 0.717) is 40.0 Å². The molecule has 7 heterocycles. The van der Waals surface area contributed by atoms with Crippen LogP contribution in [-0.2, 0) is 14.9 Å². The van der Waals surface area contributed by atoms with Gasteiger partial charge in [0, 0.05) is 42.1 Å². The summed E-state index contributed by atoms with van der Waals surface area (Å²) in [6, 6.07) is 10.8. The van der Waals surface area contributed by atoms with Crippen LogP contribution in [0.5, 0.6) is 0 Å². The summed E-state index contributed by atoms with van der Waals surface area (Å²) in [6.07, 6.45) is 7.73. The molecule has 4 aliphatic heterocycles. The van der Waals surface area contributed by atoms with Crippen molar-refractivity contribution in [1.29, 1.82) is 0 Å². The van der Waals surface area contributed by atoms with Crippen molar-refractivity contribution in [3.8, 4) is 11.3 Å². The number of piperidine rings is 1. The zero-order chi connectivity index (χ0) is 35.2. The molecule has 10 nitrogen and oxygen atoms in total. The summed E-state index contributed by atoms with van der Waals surface area (Å²) in [5.74, 6) is -1.65. The molecule has 1 aliphatic carbocycles. The normalized spacial score (nSPS) is 24.8. The lowest BCUT2D eigenvalue weighted by Crippen LogP contribution is -2.59. The van der Waals surface area contributed by atoms with Gasteiger partial charge in [-0.15, -0.1) is 0 Å². The Kier molecular flexibility index (Phi) is 7.75. The van der Waals surface area contributed by atoms with Gasteiger partial charge in [0.25, 0.3) is 5.95 Å². The molecule has 0 atom stereocenters. The number of fused-ring (bicyclic) bond motifs is 3. The van der Waals surface area contributed by atoms with Crippen LogP contribution in [0.3, 0.4) is 0 Å². The van der Waals surface area contributed by atoms with Crippen molar-refractivity contribution < 1.29 is 18.3 Å². The number of amides is 1. The number of aromatic nitrogens is 4. The molecule has 0 bridgehead atoms. The Balaban J connectivity index is 1.10. The van der Waals surface area contributed by atoms with E-state index in [9.17, 15) is 13.6 Å². The molecule has 0 radical (unpaired) electrons. The molecule has 3 saturated heterocycles. The van der Waals surface area contributed by atoms with Crippen molar-refractivity contribution in [3.63, 3.8) is 0 Å². The number of halogens is 2. The van der Waals surface area contributed by atoms with Crippen LogP contribution in [-0.4, -0.2) is 92.7 Å². The minimum Gasteiger partial charge on any atom is -0.378 e. The topological polar surface area (TPSA) is 91.7 Å². The minimum atomic E-state index is -1.18. The third-order valence-corrected chi connectivity index (χ3v) is 12.4. The molecule has 1 amide bonds. The molecule has 51 heavy (non-hydrogen) atoms. The average Bonchev–Trinajstić information content (AvgIpc) is 3.72. The summed E-state index contributed by atoms with van der Waals surface area (Å²) < 4.78 is 36.5. The van der Waals surface area contributed by atoms with Crippen LogP contribution in [0, 0.1) is 17.2 Å². The van der Waals surface area contributed by atoms with Crippen LogP contribution >= 0.6 is 0 Å². The number of anilines is 3. The van der Waals surface area contributed by atoms with Crippen molar-refractivity contribution >= 4 is 34.1 Å². The van der Waals surface area contributed by atoms with Gasteiger partial charge in [-0.2, -0.15) is 8.78 Å². The van der Waals surface area contributed by atoms with E-state index in [1.165, 1.54) is 18.7 Å². The first kappa shape index (κ1) is 32.9. The highest BCUT2D eigenvalue weighted by atomic mass is 19.2. The zero-order valence-corrected chi connectivity index (χ0v) is 29.8. The monoisotopic (exact) mass is 696 g/mol. The summed E-state index contributed by atoms with van der Waals surface area (Å²) in [7, 11) is 0. The fraction of sp³-hybridized carbons (Fsp3) is 0.538. The van der Waals surface area contributed by atoms with Crippen molar-refractivity contribution in [2.45, 2.75) is 89.4 Å². The smallest absolute Gasteiger partial charge is 0.251 e. The highest BCUT2D eigenvalue weighted by Crippen LogP contribution is 2.52. The lowest BCUT2D eigenvalue weighted by atomic mass is 9.73. The van der Waals surface area contributed by atoms with Gasteiger partial charge >= 0.3 is 0 Å². The second kappa shape index (κ2) is 12.0. The van der Waals surface area contributed by atoms with Gasteiger partial charge in [0.15, 0.2) is 5.82 Å². The molecule has 3 aromatic heterocycles. The number of imidazole rings is 1. The number of carbonyl (C=O) groups excluding carboxylic acids is 1. The summed E-state index contributed by atoms with van der Waals surface area (Å²) in [4.78, 5) is 35.2. The van der Waals surface area contributed by atoms with Gasteiger partial charge in [0.2, 0.25) is 11.7 Å². The van der Waals surface area contributed by atoms with Crippen molar-refractivity contribution in [1.82, 2.24) is 29.3 Å². The first-order valence-corrected chi connectivity index (χ1v) is 18.5. The van der Waals surface area contributed by atoms with Crippen LogP contribution in [0.15, 0.2) is 42.9 Å². The molecule has 9 rings (SSSR count). The molecular weight excluding hydrogens is 650 g/mol. The first-order chi connectivity index (χ1) is 24.5. The minimum absolute atomic E-state index is 0.0548. The maximum Gasteiger partial charge on any atom is 0.251 e. The predicted molar refractivity (Wildman–Crippen MR) is 192 cm³/mol. The summed E-state index contributed by atoms with van der Waals surface area (Å²) in [5.41, 5.74) is 4.68. The predicted octanol–water partition coefficient (Wildman–Crippen LogP) is 6.44. The maximum atomic E-state index is 14.9. The Hall–Kier alpha value is -4.00. The Morgan fingerprint density at radius 3 is 2.39 bits per heavy atom. The van der Waals surface area contributed by atoms with Gasteiger partial charge in [-0.25, -0.2) is 15.0 Å². The summed E-state index contributed by atoms with van der Waals surface area (Å²) in [6.45, 7) is 14.3. The highest BCUT2D eigenvalue weighted by molar-refractivity contribution is 6.09. The third kappa shape index (κ3) is 5.35. The zero-order valence-electron chi connectivity index (χ0n) is 29.8. The molecule has 4 fully saturated rings. The molecule has 1 saturated carbocycles. The number of hydrogen-bond donors (Lipinski definition) is 1. The van der Waals surface area contributed by atoms with E-state index in [4.69, 9.17) is 14.7 Å². The fourth-order valence-electron chi connectivity index (χ4n) is 9.16. The highest BCUT2D eigenvalue weighted by Gasteiger charge is 2.56. The fourth-order valence-corrected chi connectivity index (χ4v) is 9.16. The van der Waals surface area contributed by atoms with Crippen LogP contribution in [0.4, 0.5) is 26.0 Å². The van der Waals surface area contributed by atoms with Crippen molar-refractivity contribution in [2.24, 2.45) is 5.41 Å². The van der Waals surface area contributed by atoms with Crippen LogP contribution < -0.4 is 10.2 Å². The summed E-state index contributed by atoms with van der Waals surface area (Å²) in [5, 5.41) is 3.05. The van der Waals surface area contributed by atoms with Gasteiger partial charge < -0.3 is 19.5 Å². The number of pyridine rings is 2. The number of rotatable bonds is 7. The number of nitrogens with zero attached hydrogens (tertiary/aromatic N) is 7. The second-order valence-corrected chi connectivity index (χ2v) is 16.4. The molecule has 0 unspecified atom stereocenters. The van der Waals surface area contributed by atoms with Crippen LogP contribution in [0.25, 0.3) is 22.3 Å². The number of hydrogen-bond acceptors (Lipinski definition) is 8. The van der Waals surface area contributed by atoms with Gasteiger partial charge in [0.05, 0.1) is 47.9 Å². The molecule has 1 spiro atoms. The largest absolute Gasteiger partial charge is 0.378 e. The second-order valence-electron chi connectivity index (χ2n) is 16.4. The molecular formula is C39H46F2N8O2. The van der Waals surface area contributed by atoms with E-state index >= 15 is 0 Å². The Bertz CT molecular complexity index is 2010. The van der Waals surface area contributed by atoms with E-state index < -0.39 is 17.2 Å². The first-order valence-electron chi connectivity index (χ1n) is 18.5. The SMILES string of the molecule is CC(C)n1cnc2cc(-c3ccc4c(c3)N(C3CC(N5CCC(C)(C)C5)C3)C(=O)C43CCN(C4COC4)CC3)nc(Nc3ccnc(F)c3F)c21. The Morgan fingerprint density at radius 1 is 0.941 bits per heavy atom. The van der Waals surface area contributed by atoms with Crippen LogP contribution in [0.2, 0.25) is 0 Å². The lowest BCUT2D eigenvalue weighted by molar-refractivity contribution is -0.128. The van der Waals surface area contributed by atoms with E-state index in [1.54, 1.807) is 6.33 Å². The van der Waals surface area contributed by atoms with E-state index in [-0.39, 0.29) is 23.7 Å². The number of ether oxygens (including phenoxy) is 1. The van der Waals surface area contributed by atoms with Gasteiger partial charge in [-0.05, 0) is 94.8 Å². The number of nitrogens with one attached hydrogen (secondary N) is 1. The molecule has 1 N–H and O–H groups in total. The Labute approximate surface area is 297 Å². The number of benzene rings is 1. The van der Waals surface area contributed by atoms with E-state index in [0.717, 1.165) is 81.9 Å². The quantitative estimate of drug-likeness (QED) is 0.221. The average molecular weight is 697 g/mol. The van der Waals surface area contributed by atoms with Crippen molar-refractivity contribution in [3.05, 3.63) is 60.2 Å². The molecule has 268 valence electrons. The van der Waals surface area contributed by atoms with Crippen LogP contribution in [0.1, 0.15) is 71.4 Å². The molecule has 1 aromatic carbocycles. The maximum absolute atomic E-state index is 14.9. The summed E-state index contributed by atoms with van der Waals surface area (Å²) >= 11 is 0. The molecule has 12 heteroatoms. The number of carbonyl (C=O) groups is 1. The standard InChI is InChI=1S/C39H46F2N8O2/c1-23(2)48-22-43-31-18-30(45-36(34(31)48)44-29-7-11-42-35(41)33(29)40)24-5-6-28-32(15-24)49(26-16-25(17-26)47-12-8-38(3,4)21-47)37(50)39(28)9-13-46(14-10-39)27-19-51-20-27/h5-7,11,15,18,22-23,25-27H,8-10,12-14,16-17,19-21H2,1-4H3,(H,42,44,45). The van der Waals surface area contributed by atoms with E-state index in [1.807, 2.05) is 24.5 Å². The van der Waals surface area contributed by atoms with Crippen molar-refractivity contribution in [2.75, 3.05) is 49.6 Å². The third-order valence-electron chi connectivity index (χ3n) is 12.4. The van der Waals surface area contributed by atoms with E-state index in [2.05, 4.69) is 57.0 Å². The van der Waals surface area contributed by atoms with Gasteiger partial charge in [-0.1, -0.05) is 26.0 Å². The molecule has 4 aromatic rings. The van der Waals surface area contributed by atoms with Gasteiger partial charge in [0.1, 0.15) is 5.52 Å². The lowest BCUT2D eigenvalue weighted by Gasteiger charge is -2.47. The van der Waals surface area contributed by atoms with Gasteiger partial charge in [-0.3, -0.25) is 14.6 Å². The number of likely N-dealkylation sites (tertiary alicyclic amines) is 2. The molecule has 5 aliphatic rings. The Morgan fingerprint density at radius 2 is 1.71 bits per heavy atom.